The summed E-state index contributed by atoms with van der Waals surface area (Å²) in [5.41, 5.74) is 2.27. The summed E-state index contributed by atoms with van der Waals surface area (Å²) in [6, 6.07) is 11.6. The molecule has 0 aliphatic heterocycles. The van der Waals surface area contributed by atoms with Gasteiger partial charge in [-0.3, -0.25) is 19.4 Å². The number of hydrogen-bond acceptors (Lipinski definition) is 7. The fourth-order valence-electron chi connectivity index (χ4n) is 4.18. The third kappa shape index (κ3) is 11.1. The zero-order chi connectivity index (χ0) is 30.4. The van der Waals surface area contributed by atoms with Gasteiger partial charge in [0.1, 0.15) is 12.0 Å². The van der Waals surface area contributed by atoms with Gasteiger partial charge in [-0.15, -0.1) is 0 Å². The first kappa shape index (κ1) is 33.1. The monoisotopic (exact) mass is 559 g/mol. The quantitative estimate of drug-likeness (QED) is 0.120. The van der Waals surface area contributed by atoms with E-state index in [1.807, 2.05) is 32.1 Å². The van der Waals surface area contributed by atoms with E-state index >= 15 is 0 Å². The van der Waals surface area contributed by atoms with Crippen molar-refractivity contribution in [1.29, 1.82) is 5.26 Å². The third-order valence-electron chi connectivity index (χ3n) is 6.33. The van der Waals surface area contributed by atoms with Gasteiger partial charge < -0.3 is 20.7 Å². The van der Waals surface area contributed by atoms with Crippen LogP contribution < -0.4 is 10.6 Å². The summed E-state index contributed by atoms with van der Waals surface area (Å²) in [6.45, 7) is 7.73. The van der Waals surface area contributed by atoms with Crippen molar-refractivity contribution in [3.63, 3.8) is 0 Å². The highest BCUT2D eigenvalue weighted by Gasteiger charge is 2.26. The van der Waals surface area contributed by atoms with E-state index in [1.54, 1.807) is 50.4 Å². The number of aromatic nitrogens is 1. The van der Waals surface area contributed by atoms with E-state index in [1.165, 1.54) is 6.20 Å². The maximum atomic E-state index is 13.2. The number of pyridine rings is 1. The molecule has 1 heterocycles. The van der Waals surface area contributed by atoms with Crippen LogP contribution in [0.15, 0.2) is 65.4 Å². The third-order valence-corrected chi connectivity index (χ3v) is 6.33. The summed E-state index contributed by atoms with van der Waals surface area (Å²) >= 11 is 0. The van der Waals surface area contributed by atoms with Crippen molar-refractivity contribution >= 4 is 30.5 Å². The fraction of sp³-hybridized carbons (Fsp3) is 0.400. The van der Waals surface area contributed by atoms with Crippen LogP contribution in [0.5, 0.6) is 0 Å². The lowest BCUT2D eigenvalue weighted by Crippen LogP contribution is -2.42. The summed E-state index contributed by atoms with van der Waals surface area (Å²) < 4.78 is 0. The highest BCUT2D eigenvalue weighted by Crippen LogP contribution is 2.14. The van der Waals surface area contributed by atoms with E-state index in [4.69, 9.17) is 0 Å². The number of allylic oxidation sites excluding steroid dienone is 1. The number of rotatable bonds is 14. The topological polar surface area (TPSA) is 165 Å². The number of amides is 3. The number of unbranched alkanes of at least 4 members (excludes halogenated alkanes) is 1. The predicted octanol–water partition coefficient (Wildman–Crippen LogP) is 2.74. The molecule has 1 aromatic heterocycles. The molecule has 0 aliphatic carbocycles. The van der Waals surface area contributed by atoms with E-state index in [0.29, 0.717) is 29.5 Å². The van der Waals surface area contributed by atoms with Crippen LogP contribution in [0, 0.1) is 30.1 Å². The normalized spacial score (nSPS) is 13.2. The molecule has 1 aromatic carbocycles. The van der Waals surface area contributed by atoms with Crippen LogP contribution in [0.3, 0.4) is 0 Å². The van der Waals surface area contributed by atoms with E-state index in [0.717, 1.165) is 5.56 Å². The average Bonchev–Trinajstić information content (AvgIpc) is 2.92. The van der Waals surface area contributed by atoms with Gasteiger partial charge >= 0.3 is 7.12 Å². The Morgan fingerprint density at radius 1 is 1.15 bits per heavy atom. The molecule has 0 fully saturated rings. The van der Waals surface area contributed by atoms with E-state index in [2.05, 4.69) is 20.6 Å². The molecule has 0 saturated carbocycles. The largest absolute Gasteiger partial charge is 0.504 e. The van der Waals surface area contributed by atoms with Gasteiger partial charge in [0, 0.05) is 25.4 Å². The molecule has 0 radical (unpaired) electrons. The van der Waals surface area contributed by atoms with Crippen molar-refractivity contribution in [3.8, 4) is 6.07 Å². The molecule has 41 heavy (non-hydrogen) atoms. The summed E-state index contributed by atoms with van der Waals surface area (Å²) in [5, 5.41) is 34.6. The maximum absolute atomic E-state index is 13.2. The lowest BCUT2D eigenvalue weighted by Gasteiger charge is -2.17. The smallest absolute Gasteiger partial charge is 0.422 e. The van der Waals surface area contributed by atoms with Gasteiger partial charge in [-0.05, 0) is 56.2 Å². The number of benzene rings is 1. The molecule has 216 valence electrons. The summed E-state index contributed by atoms with van der Waals surface area (Å²) in [4.78, 5) is 46.7. The molecule has 1 unspecified atom stereocenters. The van der Waals surface area contributed by atoms with Crippen molar-refractivity contribution in [1.82, 2.24) is 15.6 Å². The van der Waals surface area contributed by atoms with Crippen molar-refractivity contribution in [2.24, 2.45) is 16.8 Å². The summed E-state index contributed by atoms with van der Waals surface area (Å²) in [5.74, 6) is -2.28. The Bertz CT molecular complexity index is 1290. The zero-order valence-electron chi connectivity index (χ0n) is 24.0. The SMILES string of the molecule is C/C(=C\C(C)C)C(C#N)C(=O)NCCCC[C@H](NC(=O)c1cnccc1C)C(=O)/N=C(/Cc1ccccc1)B(O)O. The molecule has 4 N–H and O–H groups in total. The molecule has 2 atom stereocenters. The Balaban J connectivity index is 2.11. The molecule has 10 nitrogen and oxygen atoms in total. The number of carbonyl (C=O) groups is 3. The van der Waals surface area contributed by atoms with Crippen molar-refractivity contribution in [2.45, 2.75) is 59.4 Å². The molecular weight excluding hydrogens is 521 g/mol. The summed E-state index contributed by atoms with van der Waals surface area (Å²) in [6.07, 6.45) is 6.00. The van der Waals surface area contributed by atoms with Gasteiger partial charge in [-0.2, -0.15) is 5.26 Å². The average molecular weight is 559 g/mol. The van der Waals surface area contributed by atoms with Crippen LogP contribution in [0.25, 0.3) is 0 Å². The molecule has 0 aliphatic rings. The molecule has 0 saturated heterocycles. The number of carbonyl (C=O) groups excluding carboxylic acids is 3. The number of aryl methyl sites for hydroxylation is 1. The number of nitriles is 1. The second kappa shape index (κ2) is 16.9. The van der Waals surface area contributed by atoms with Crippen LogP contribution in [-0.2, 0) is 16.0 Å². The molecule has 11 heteroatoms. The van der Waals surface area contributed by atoms with Crippen molar-refractivity contribution < 1.29 is 24.4 Å². The number of aliphatic imine (C=N–C) groups is 1. The van der Waals surface area contributed by atoms with Crippen LogP contribution in [0.4, 0.5) is 0 Å². The minimum atomic E-state index is -1.95. The number of nitrogens with one attached hydrogen (secondary N) is 2. The first-order chi connectivity index (χ1) is 19.5. The van der Waals surface area contributed by atoms with E-state index in [9.17, 15) is 29.7 Å². The van der Waals surface area contributed by atoms with E-state index in [-0.39, 0.29) is 36.8 Å². The molecule has 2 aromatic rings. The van der Waals surface area contributed by atoms with Gasteiger partial charge in [-0.25, -0.2) is 4.99 Å². The van der Waals surface area contributed by atoms with Crippen molar-refractivity contribution in [2.75, 3.05) is 6.54 Å². The highest BCUT2D eigenvalue weighted by molar-refractivity contribution is 6.80. The van der Waals surface area contributed by atoms with Gasteiger partial charge in [0.15, 0.2) is 0 Å². The van der Waals surface area contributed by atoms with Crippen molar-refractivity contribution in [3.05, 3.63) is 77.1 Å². The Kier molecular flexibility index (Phi) is 13.6. The maximum Gasteiger partial charge on any atom is 0.504 e. The predicted molar refractivity (Wildman–Crippen MR) is 158 cm³/mol. The Labute approximate surface area is 241 Å². The number of nitrogens with zero attached hydrogens (tertiary/aromatic N) is 3. The van der Waals surface area contributed by atoms with Gasteiger partial charge in [0.2, 0.25) is 5.91 Å². The Morgan fingerprint density at radius 3 is 2.46 bits per heavy atom. The molecular formula is C30H38BN5O5. The molecule has 0 spiro atoms. The lowest BCUT2D eigenvalue weighted by molar-refractivity contribution is -0.122. The fourth-order valence-corrected chi connectivity index (χ4v) is 4.18. The van der Waals surface area contributed by atoms with Crippen LogP contribution in [0.1, 0.15) is 61.5 Å². The lowest BCUT2D eigenvalue weighted by atomic mass is 9.79. The molecule has 0 bridgehead atoms. The molecule has 2 rings (SSSR count). The first-order valence-corrected chi connectivity index (χ1v) is 13.6. The second-order valence-corrected chi connectivity index (χ2v) is 10.2. The van der Waals surface area contributed by atoms with Gasteiger partial charge in [0.05, 0.1) is 17.2 Å². The van der Waals surface area contributed by atoms with Crippen LogP contribution >= 0.6 is 0 Å². The van der Waals surface area contributed by atoms with Gasteiger partial charge in [-0.1, -0.05) is 55.8 Å². The first-order valence-electron chi connectivity index (χ1n) is 13.6. The standard InChI is InChI=1S/C30H38BN5O5/c1-20(2)16-22(4)24(18-32)28(37)34-14-9-8-12-26(35-29(38)25-19-33-15-13-21(25)3)30(39)36-27(31(40)41)17-23-10-6-5-7-11-23/h5-7,10-11,13,15-16,19-20,24,26,40-41H,8-9,12,14,17H2,1-4H3,(H,34,37)(H,35,38)/b22-16+,36-27-/t24?,26-/m0/s1. The second-order valence-electron chi connectivity index (χ2n) is 10.2. The van der Waals surface area contributed by atoms with Crippen LogP contribution in [-0.4, -0.2) is 58.1 Å². The molecule has 3 amide bonds. The minimum absolute atomic E-state index is 0.0450. The van der Waals surface area contributed by atoms with E-state index < -0.39 is 30.9 Å². The Hall–Kier alpha value is -4.14. The minimum Gasteiger partial charge on any atom is -0.422 e. The van der Waals surface area contributed by atoms with Gasteiger partial charge in [0.25, 0.3) is 11.8 Å². The zero-order valence-corrected chi connectivity index (χ0v) is 24.0. The number of hydrogen-bond donors (Lipinski definition) is 4. The van der Waals surface area contributed by atoms with Crippen LogP contribution in [0.2, 0.25) is 0 Å². The Morgan fingerprint density at radius 2 is 1.85 bits per heavy atom. The highest BCUT2D eigenvalue weighted by atomic mass is 16.4. The summed E-state index contributed by atoms with van der Waals surface area (Å²) in [7, 11) is -1.95.